The minimum Gasteiger partial charge on any atom is -0.251 e. The van der Waals surface area contributed by atoms with Gasteiger partial charge in [0.2, 0.25) is 0 Å². The second-order valence-corrected chi connectivity index (χ2v) is 7.22. The molecular formula is C12H15N3O2S. The van der Waals surface area contributed by atoms with Crippen LogP contribution in [0.1, 0.15) is 55.1 Å². The highest BCUT2D eigenvalue weighted by molar-refractivity contribution is 7.90. The van der Waals surface area contributed by atoms with Crippen molar-refractivity contribution in [2.75, 3.05) is 0 Å². The van der Waals surface area contributed by atoms with Gasteiger partial charge in [-0.15, -0.1) is 0 Å². The molecule has 0 radical (unpaired) electrons. The zero-order chi connectivity index (χ0) is 12.8. The van der Waals surface area contributed by atoms with E-state index in [2.05, 4.69) is 11.2 Å². The number of hydrogen-bond acceptors (Lipinski definition) is 4. The molecule has 0 unspecified atom stereocenters. The highest BCUT2D eigenvalue weighted by Crippen LogP contribution is 2.33. The van der Waals surface area contributed by atoms with Crippen LogP contribution in [0.25, 0.3) is 0 Å². The minimum atomic E-state index is -3.07. The Morgan fingerprint density at radius 1 is 1.22 bits per heavy atom. The van der Waals surface area contributed by atoms with Crippen LogP contribution in [0, 0.1) is 11.3 Å². The van der Waals surface area contributed by atoms with Crippen LogP contribution in [-0.4, -0.2) is 18.2 Å². The molecule has 6 heteroatoms. The van der Waals surface area contributed by atoms with Gasteiger partial charge >= 0.3 is 0 Å². The first-order valence-electron chi connectivity index (χ1n) is 6.31. The molecule has 0 spiro atoms. The Kier molecular flexibility index (Phi) is 2.67. The summed E-state index contributed by atoms with van der Waals surface area (Å²) < 4.78 is 24.9. The van der Waals surface area contributed by atoms with Gasteiger partial charge in [-0.2, -0.15) is 10.4 Å². The number of sulfone groups is 1. The molecule has 2 aliphatic rings. The van der Waals surface area contributed by atoms with Crippen LogP contribution in [0.4, 0.5) is 0 Å². The molecule has 0 amide bonds. The molecule has 96 valence electrons. The van der Waals surface area contributed by atoms with Gasteiger partial charge in [0.1, 0.15) is 11.8 Å². The van der Waals surface area contributed by atoms with E-state index in [1.807, 2.05) is 0 Å². The van der Waals surface area contributed by atoms with E-state index in [4.69, 9.17) is 0 Å². The van der Waals surface area contributed by atoms with E-state index in [1.54, 1.807) is 4.68 Å². The van der Waals surface area contributed by atoms with Crippen molar-refractivity contribution >= 4 is 9.84 Å². The quantitative estimate of drug-likeness (QED) is 0.774. The van der Waals surface area contributed by atoms with E-state index < -0.39 is 9.84 Å². The van der Waals surface area contributed by atoms with E-state index >= 15 is 0 Å². The van der Waals surface area contributed by atoms with Crippen LogP contribution in [0.5, 0.6) is 0 Å². The van der Waals surface area contributed by atoms with E-state index in [0.29, 0.717) is 17.0 Å². The lowest BCUT2D eigenvalue weighted by Crippen LogP contribution is -2.17. The van der Waals surface area contributed by atoms with Crippen LogP contribution >= 0.6 is 0 Å². The number of hydrogen-bond donors (Lipinski definition) is 0. The molecule has 0 aromatic carbocycles. The molecule has 1 aromatic rings. The maximum Gasteiger partial charge on any atom is 0.160 e. The fourth-order valence-electron chi connectivity index (χ4n) is 2.97. The van der Waals surface area contributed by atoms with Crippen molar-refractivity contribution < 1.29 is 8.42 Å². The fraction of sp³-hybridized carbons (Fsp3) is 0.667. The summed E-state index contributed by atoms with van der Waals surface area (Å²) in [5.41, 5.74) is 1.71. The van der Waals surface area contributed by atoms with Gasteiger partial charge in [0.25, 0.3) is 0 Å². The van der Waals surface area contributed by atoms with E-state index in [1.165, 1.54) is 19.3 Å². The average molecular weight is 265 g/mol. The Bertz CT molecular complexity index is 618. The van der Waals surface area contributed by atoms with Crippen LogP contribution in [0.2, 0.25) is 0 Å². The molecule has 0 N–H and O–H groups in total. The number of fused-ring (bicyclic) bond motifs is 1. The molecule has 1 aliphatic carbocycles. The maximum atomic E-state index is 11.5. The minimum absolute atomic E-state index is 0.00324. The number of aromatic nitrogens is 2. The van der Waals surface area contributed by atoms with Crippen LogP contribution in [0.3, 0.4) is 0 Å². The summed E-state index contributed by atoms with van der Waals surface area (Å²) >= 11 is 0. The molecule has 0 saturated heterocycles. The van der Waals surface area contributed by atoms with Gasteiger partial charge in [0.15, 0.2) is 9.84 Å². The van der Waals surface area contributed by atoms with Gasteiger partial charge in [-0.3, -0.25) is 4.68 Å². The van der Waals surface area contributed by atoms with Crippen molar-refractivity contribution in [3.8, 4) is 6.07 Å². The SMILES string of the molecule is N#Cc1c2c(nn1C1CCCCC1)CS(=O)(=O)C2. The predicted octanol–water partition coefficient (Wildman–Crippen LogP) is 1.69. The maximum absolute atomic E-state index is 11.5. The molecule has 0 atom stereocenters. The molecule has 1 saturated carbocycles. The van der Waals surface area contributed by atoms with Crippen molar-refractivity contribution in [1.29, 1.82) is 5.26 Å². The van der Waals surface area contributed by atoms with Gasteiger partial charge in [0.05, 0.1) is 23.2 Å². The summed E-state index contributed by atoms with van der Waals surface area (Å²) in [6, 6.07) is 2.43. The molecule has 1 aliphatic heterocycles. The van der Waals surface area contributed by atoms with E-state index in [-0.39, 0.29) is 17.5 Å². The summed E-state index contributed by atoms with van der Waals surface area (Å²) in [7, 11) is -3.07. The second-order valence-electron chi connectivity index (χ2n) is 5.15. The molecule has 3 rings (SSSR count). The lowest BCUT2D eigenvalue weighted by molar-refractivity contribution is 0.326. The Labute approximate surface area is 106 Å². The Morgan fingerprint density at radius 2 is 1.94 bits per heavy atom. The first-order valence-corrected chi connectivity index (χ1v) is 8.13. The largest absolute Gasteiger partial charge is 0.251 e. The first-order chi connectivity index (χ1) is 8.61. The van der Waals surface area contributed by atoms with E-state index in [0.717, 1.165) is 12.8 Å². The topological polar surface area (TPSA) is 75.8 Å². The van der Waals surface area contributed by atoms with Crippen LogP contribution in [0.15, 0.2) is 0 Å². The van der Waals surface area contributed by atoms with Gasteiger partial charge in [-0.05, 0) is 12.8 Å². The van der Waals surface area contributed by atoms with Crippen molar-refractivity contribution in [2.24, 2.45) is 0 Å². The Morgan fingerprint density at radius 3 is 2.61 bits per heavy atom. The average Bonchev–Trinajstić information content (AvgIpc) is 2.81. The first kappa shape index (κ1) is 11.7. The summed E-state index contributed by atoms with van der Waals surface area (Å²) in [6.07, 6.45) is 5.66. The zero-order valence-electron chi connectivity index (χ0n) is 10.1. The Balaban J connectivity index is 2.01. The third-order valence-corrected chi connectivity index (χ3v) is 5.28. The summed E-state index contributed by atoms with van der Waals surface area (Å²) in [5.74, 6) is -0.0192. The van der Waals surface area contributed by atoms with Crippen molar-refractivity contribution in [3.05, 3.63) is 17.0 Å². The molecule has 1 fully saturated rings. The number of nitriles is 1. The summed E-state index contributed by atoms with van der Waals surface area (Å²) in [5, 5.41) is 13.7. The monoisotopic (exact) mass is 265 g/mol. The van der Waals surface area contributed by atoms with Gasteiger partial charge in [0, 0.05) is 5.56 Å². The summed E-state index contributed by atoms with van der Waals surface area (Å²) in [6.45, 7) is 0. The molecular weight excluding hydrogens is 250 g/mol. The van der Waals surface area contributed by atoms with E-state index in [9.17, 15) is 13.7 Å². The second kappa shape index (κ2) is 4.09. The molecule has 0 bridgehead atoms. The van der Waals surface area contributed by atoms with Crippen molar-refractivity contribution in [1.82, 2.24) is 9.78 Å². The third-order valence-electron chi connectivity index (χ3n) is 3.84. The fourth-order valence-corrected chi connectivity index (χ4v) is 4.46. The van der Waals surface area contributed by atoms with Crippen molar-refractivity contribution in [3.63, 3.8) is 0 Å². The van der Waals surface area contributed by atoms with Crippen LogP contribution in [-0.2, 0) is 21.3 Å². The normalized spacial score (nSPS) is 22.6. The molecule has 5 nitrogen and oxygen atoms in total. The summed E-state index contributed by atoms with van der Waals surface area (Å²) in [4.78, 5) is 0. The van der Waals surface area contributed by atoms with Crippen molar-refractivity contribution in [2.45, 2.75) is 49.7 Å². The predicted molar refractivity (Wildman–Crippen MR) is 65.4 cm³/mol. The highest BCUT2D eigenvalue weighted by atomic mass is 32.2. The van der Waals surface area contributed by atoms with Gasteiger partial charge < -0.3 is 0 Å². The smallest absolute Gasteiger partial charge is 0.160 e. The zero-order valence-corrected chi connectivity index (χ0v) is 10.9. The number of rotatable bonds is 1. The van der Waals surface area contributed by atoms with Gasteiger partial charge in [-0.25, -0.2) is 8.42 Å². The van der Waals surface area contributed by atoms with Gasteiger partial charge in [-0.1, -0.05) is 19.3 Å². The lowest BCUT2D eigenvalue weighted by atomic mass is 9.95. The molecule has 18 heavy (non-hydrogen) atoms. The standard InChI is InChI=1S/C12H15N3O2S/c13-6-12-10-7-18(16,17)8-11(10)14-15(12)9-4-2-1-3-5-9/h9H,1-5,7-8H2. The molecule has 2 heterocycles. The third kappa shape index (κ3) is 1.83. The Hall–Kier alpha value is -1.35. The number of nitrogens with zero attached hydrogens (tertiary/aromatic N) is 3. The molecule has 1 aromatic heterocycles. The highest BCUT2D eigenvalue weighted by Gasteiger charge is 2.33. The lowest BCUT2D eigenvalue weighted by Gasteiger charge is -2.22. The van der Waals surface area contributed by atoms with Crippen LogP contribution < -0.4 is 0 Å².